The first-order valence-electron chi connectivity index (χ1n) is 4.41. The van der Waals surface area contributed by atoms with E-state index in [0.29, 0.717) is 0 Å². The van der Waals surface area contributed by atoms with Crippen molar-refractivity contribution in [3.63, 3.8) is 0 Å². The zero-order valence-electron chi connectivity index (χ0n) is 8.87. The van der Waals surface area contributed by atoms with E-state index in [-0.39, 0.29) is 13.2 Å². The minimum atomic E-state index is -4.57. The maximum atomic E-state index is 10.7. The number of esters is 1. The smallest absolute Gasteiger partial charge is 0.458 e. The van der Waals surface area contributed by atoms with Gasteiger partial charge in [0.15, 0.2) is 0 Å². The largest absolute Gasteiger partial charge is 0.469 e. The molecule has 0 aliphatic heterocycles. The highest BCUT2D eigenvalue weighted by atomic mass is 31.2. The Kier molecular flexibility index (Phi) is 7.20. The van der Waals surface area contributed by atoms with Crippen molar-refractivity contribution in [2.75, 3.05) is 19.8 Å². The minimum absolute atomic E-state index is 0.0222. The summed E-state index contributed by atoms with van der Waals surface area (Å²) in [6, 6.07) is 0. The highest BCUT2D eigenvalue weighted by molar-refractivity contribution is 7.46. The Morgan fingerprint density at radius 3 is 2.56 bits per heavy atom. The van der Waals surface area contributed by atoms with Crippen LogP contribution in [0.4, 0.5) is 0 Å². The fourth-order valence-corrected chi connectivity index (χ4v) is 1.17. The summed E-state index contributed by atoms with van der Waals surface area (Å²) in [4.78, 5) is 27.6. The molecule has 0 fully saturated rings. The summed E-state index contributed by atoms with van der Waals surface area (Å²) >= 11 is 0. The highest BCUT2D eigenvalue weighted by Crippen LogP contribution is 2.35. The lowest BCUT2D eigenvalue weighted by Crippen LogP contribution is -2.27. The average molecular weight is 254 g/mol. The van der Waals surface area contributed by atoms with Gasteiger partial charge in [0.05, 0.1) is 19.8 Å². The van der Waals surface area contributed by atoms with Gasteiger partial charge in [-0.25, -0.2) is 4.57 Å². The molecule has 0 saturated carbocycles. The van der Waals surface area contributed by atoms with Crippen molar-refractivity contribution >= 4 is 13.8 Å². The molecule has 0 aromatic rings. The van der Waals surface area contributed by atoms with Gasteiger partial charge in [-0.05, 0) is 0 Å². The third-order valence-corrected chi connectivity index (χ3v) is 1.79. The van der Waals surface area contributed by atoms with Crippen molar-refractivity contribution in [2.24, 2.45) is 0 Å². The van der Waals surface area contributed by atoms with Crippen molar-refractivity contribution in [1.29, 1.82) is 0 Å². The summed E-state index contributed by atoms with van der Waals surface area (Å²) < 4.78 is 24.3. The van der Waals surface area contributed by atoms with E-state index in [1.807, 2.05) is 0 Å². The standard InChI is InChI=1S/C8H15O7P/c1-3-4-13-5-8(15-7(2)9)6-14-16(10,11)12/h3,8H,1,4-6H2,2H3,(H2,10,11,12). The van der Waals surface area contributed by atoms with Crippen LogP contribution < -0.4 is 0 Å². The van der Waals surface area contributed by atoms with Gasteiger partial charge < -0.3 is 19.3 Å². The molecular weight excluding hydrogens is 239 g/mol. The summed E-state index contributed by atoms with van der Waals surface area (Å²) in [6.07, 6.45) is 0.638. The van der Waals surface area contributed by atoms with Crippen LogP contribution in [-0.4, -0.2) is 41.7 Å². The number of carbonyl (C=O) groups excluding carboxylic acids is 1. The Hall–Kier alpha value is -0.720. The van der Waals surface area contributed by atoms with Crippen molar-refractivity contribution in [1.82, 2.24) is 0 Å². The maximum absolute atomic E-state index is 10.7. The van der Waals surface area contributed by atoms with Gasteiger partial charge in [-0.2, -0.15) is 0 Å². The van der Waals surface area contributed by atoms with Crippen molar-refractivity contribution in [3.8, 4) is 0 Å². The lowest BCUT2D eigenvalue weighted by molar-refractivity contribution is -0.151. The Morgan fingerprint density at radius 1 is 1.50 bits per heavy atom. The quantitative estimate of drug-likeness (QED) is 0.276. The summed E-state index contributed by atoms with van der Waals surface area (Å²) in [5.74, 6) is -0.582. The molecule has 0 aromatic carbocycles. The van der Waals surface area contributed by atoms with Crippen molar-refractivity contribution in [2.45, 2.75) is 13.0 Å². The number of rotatable bonds is 8. The van der Waals surface area contributed by atoms with E-state index in [9.17, 15) is 9.36 Å². The fraction of sp³-hybridized carbons (Fsp3) is 0.625. The molecule has 0 spiro atoms. The Bertz CT molecular complexity index is 272. The van der Waals surface area contributed by atoms with E-state index in [4.69, 9.17) is 19.3 Å². The van der Waals surface area contributed by atoms with E-state index in [0.717, 1.165) is 0 Å². The molecule has 7 nitrogen and oxygen atoms in total. The number of ether oxygens (including phenoxy) is 2. The van der Waals surface area contributed by atoms with E-state index in [1.165, 1.54) is 13.0 Å². The number of phosphoric ester groups is 1. The molecule has 0 amide bonds. The second-order valence-electron chi connectivity index (χ2n) is 2.84. The van der Waals surface area contributed by atoms with Gasteiger partial charge in [0, 0.05) is 6.92 Å². The summed E-state index contributed by atoms with van der Waals surface area (Å²) in [7, 11) is -4.57. The molecule has 0 bridgehead atoms. The molecule has 0 rings (SSSR count). The first-order chi connectivity index (χ1) is 7.35. The SMILES string of the molecule is C=CCOCC(COP(=O)(O)O)OC(C)=O. The third-order valence-electron chi connectivity index (χ3n) is 1.30. The van der Waals surface area contributed by atoms with Gasteiger partial charge in [-0.15, -0.1) is 6.58 Å². The van der Waals surface area contributed by atoms with Gasteiger partial charge in [-0.3, -0.25) is 9.32 Å². The third kappa shape index (κ3) is 9.82. The van der Waals surface area contributed by atoms with Gasteiger partial charge in [0.25, 0.3) is 0 Å². The predicted octanol–water partition coefficient (Wildman–Crippen LogP) is 0.230. The molecular formula is C8H15O7P. The monoisotopic (exact) mass is 254 g/mol. The van der Waals surface area contributed by atoms with Crippen LogP contribution in [0.1, 0.15) is 6.92 Å². The highest BCUT2D eigenvalue weighted by Gasteiger charge is 2.20. The molecule has 1 unspecified atom stereocenters. The predicted molar refractivity (Wildman–Crippen MR) is 54.6 cm³/mol. The maximum Gasteiger partial charge on any atom is 0.469 e. The minimum Gasteiger partial charge on any atom is -0.458 e. The molecule has 0 aliphatic carbocycles. The lowest BCUT2D eigenvalue weighted by atomic mass is 10.4. The second kappa shape index (κ2) is 7.54. The molecule has 16 heavy (non-hydrogen) atoms. The topological polar surface area (TPSA) is 102 Å². The molecule has 0 saturated heterocycles. The Morgan fingerprint density at radius 2 is 2.12 bits per heavy atom. The molecule has 2 N–H and O–H groups in total. The molecule has 94 valence electrons. The summed E-state index contributed by atoms with van der Waals surface area (Å²) in [5.41, 5.74) is 0. The van der Waals surface area contributed by atoms with Crippen LogP contribution in [0.25, 0.3) is 0 Å². The van der Waals surface area contributed by atoms with E-state index < -0.39 is 26.5 Å². The average Bonchev–Trinajstić information content (AvgIpc) is 2.12. The van der Waals surface area contributed by atoms with E-state index in [2.05, 4.69) is 11.1 Å². The van der Waals surface area contributed by atoms with Crippen LogP contribution in [-0.2, 0) is 23.4 Å². The number of phosphoric acid groups is 1. The van der Waals surface area contributed by atoms with Crippen LogP contribution >= 0.6 is 7.82 Å². The van der Waals surface area contributed by atoms with Crippen molar-refractivity contribution < 1.29 is 33.1 Å². The van der Waals surface area contributed by atoms with Crippen LogP contribution in [0, 0.1) is 0 Å². The Labute approximate surface area is 93.2 Å². The normalized spacial score (nSPS) is 13.2. The molecule has 0 radical (unpaired) electrons. The molecule has 0 aliphatic rings. The number of hydrogen-bond acceptors (Lipinski definition) is 5. The molecule has 0 aromatic heterocycles. The molecule has 1 atom stereocenters. The molecule has 8 heteroatoms. The fourth-order valence-electron chi connectivity index (χ4n) is 0.814. The van der Waals surface area contributed by atoms with E-state index >= 15 is 0 Å². The van der Waals surface area contributed by atoms with Crippen LogP contribution in [0.2, 0.25) is 0 Å². The van der Waals surface area contributed by atoms with Crippen LogP contribution in [0.3, 0.4) is 0 Å². The zero-order valence-corrected chi connectivity index (χ0v) is 9.76. The second-order valence-corrected chi connectivity index (χ2v) is 4.08. The first-order valence-corrected chi connectivity index (χ1v) is 5.94. The van der Waals surface area contributed by atoms with Gasteiger partial charge in [-0.1, -0.05) is 6.08 Å². The molecule has 0 heterocycles. The zero-order chi connectivity index (χ0) is 12.6. The van der Waals surface area contributed by atoms with Gasteiger partial charge >= 0.3 is 13.8 Å². The Balaban J connectivity index is 4.04. The van der Waals surface area contributed by atoms with Gasteiger partial charge in [0.1, 0.15) is 6.10 Å². The van der Waals surface area contributed by atoms with Crippen LogP contribution in [0.5, 0.6) is 0 Å². The van der Waals surface area contributed by atoms with Gasteiger partial charge in [0.2, 0.25) is 0 Å². The first kappa shape index (κ1) is 15.3. The van der Waals surface area contributed by atoms with Crippen LogP contribution in [0.15, 0.2) is 12.7 Å². The summed E-state index contributed by atoms with van der Waals surface area (Å²) in [5, 5.41) is 0. The number of carbonyl (C=O) groups is 1. The number of hydrogen-bond donors (Lipinski definition) is 2. The summed E-state index contributed by atoms with van der Waals surface area (Å²) in [6.45, 7) is 4.39. The lowest BCUT2D eigenvalue weighted by Gasteiger charge is -2.16. The van der Waals surface area contributed by atoms with Crippen molar-refractivity contribution in [3.05, 3.63) is 12.7 Å². The van der Waals surface area contributed by atoms with E-state index in [1.54, 1.807) is 0 Å².